The molecular weight excluding hydrogens is 352 g/mol. The van der Waals surface area contributed by atoms with E-state index in [0.717, 1.165) is 51.1 Å². The fourth-order valence-corrected chi connectivity index (χ4v) is 3.86. The van der Waals surface area contributed by atoms with Crippen LogP contribution < -0.4 is 0 Å². The zero-order valence-corrected chi connectivity index (χ0v) is 16.9. The number of aryl methyl sites for hydroxylation is 4. The SMILES string of the molecule is CCc1oc2ccccc2c1CN(C)C(=O)c1cc(C)nc2c1c(C)nn2C. The maximum Gasteiger partial charge on any atom is 0.254 e. The van der Waals surface area contributed by atoms with E-state index in [4.69, 9.17) is 4.42 Å². The summed E-state index contributed by atoms with van der Waals surface area (Å²) in [7, 11) is 3.68. The van der Waals surface area contributed by atoms with E-state index >= 15 is 0 Å². The summed E-state index contributed by atoms with van der Waals surface area (Å²) in [6.07, 6.45) is 0.784. The molecule has 3 heterocycles. The molecule has 6 heteroatoms. The number of pyridine rings is 1. The van der Waals surface area contributed by atoms with Gasteiger partial charge in [0.25, 0.3) is 5.91 Å². The number of furan rings is 1. The molecule has 4 aromatic rings. The number of nitrogens with zero attached hydrogens (tertiary/aromatic N) is 4. The molecule has 0 unspecified atom stereocenters. The number of carbonyl (C=O) groups is 1. The summed E-state index contributed by atoms with van der Waals surface area (Å²) in [4.78, 5) is 19.7. The zero-order chi connectivity index (χ0) is 20.0. The van der Waals surface area contributed by atoms with Crippen molar-refractivity contribution < 1.29 is 9.21 Å². The molecule has 0 spiro atoms. The topological polar surface area (TPSA) is 64.2 Å². The third-order valence-electron chi connectivity index (χ3n) is 5.17. The Morgan fingerprint density at radius 2 is 2.00 bits per heavy atom. The van der Waals surface area contributed by atoms with Crippen LogP contribution in [0, 0.1) is 13.8 Å². The highest BCUT2D eigenvalue weighted by atomic mass is 16.3. The van der Waals surface area contributed by atoms with E-state index in [1.54, 1.807) is 9.58 Å². The van der Waals surface area contributed by atoms with Crippen LogP contribution in [0.1, 0.15) is 40.0 Å². The van der Waals surface area contributed by atoms with Crippen molar-refractivity contribution in [1.82, 2.24) is 19.7 Å². The summed E-state index contributed by atoms with van der Waals surface area (Å²) in [6, 6.07) is 9.83. The van der Waals surface area contributed by atoms with Crippen molar-refractivity contribution in [3.05, 3.63) is 58.6 Å². The van der Waals surface area contributed by atoms with Gasteiger partial charge in [-0.25, -0.2) is 4.98 Å². The summed E-state index contributed by atoms with van der Waals surface area (Å²) in [5.41, 5.74) is 4.91. The summed E-state index contributed by atoms with van der Waals surface area (Å²) in [6.45, 7) is 6.37. The highest BCUT2D eigenvalue weighted by molar-refractivity contribution is 6.06. The maximum absolute atomic E-state index is 13.4. The highest BCUT2D eigenvalue weighted by Crippen LogP contribution is 2.28. The molecule has 0 radical (unpaired) electrons. The molecule has 0 saturated carbocycles. The van der Waals surface area contributed by atoms with Gasteiger partial charge in [0, 0.05) is 43.7 Å². The third kappa shape index (κ3) is 2.85. The van der Waals surface area contributed by atoms with Crippen LogP contribution in [0.4, 0.5) is 0 Å². The Hall–Kier alpha value is -3.15. The van der Waals surface area contributed by atoms with Crippen molar-refractivity contribution >= 4 is 27.9 Å². The Kier molecular flexibility index (Phi) is 4.41. The van der Waals surface area contributed by atoms with Crippen LogP contribution in [0.25, 0.3) is 22.0 Å². The number of hydrogen-bond acceptors (Lipinski definition) is 4. The lowest BCUT2D eigenvalue weighted by atomic mass is 10.1. The molecule has 144 valence electrons. The second kappa shape index (κ2) is 6.78. The molecule has 3 aromatic heterocycles. The molecule has 1 aromatic carbocycles. The molecule has 28 heavy (non-hydrogen) atoms. The van der Waals surface area contributed by atoms with Crippen LogP contribution in [-0.4, -0.2) is 32.6 Å². The van der Waals surface area contributed by atoms with Crippen LogP contribution in [0.3, 0.4) is 0 Å². The smallest absolute Gasteiger partial charge is 0.254 e. The first-order valence-corrected chi connectivity index (χ1v) is 9.46. The van der Waals surface area contributed by atoms with Crippen molar-refractivity contribution in [2.45, 2.75) is 33.7 Å². The number of fused-ring (bicyclic) bond motifs is 2. The molecule has 1 amide bonds. The number of hydrogen-bond donors (Lipinski definition) is 0. The molecule has 6 nitrogen and oxygen atoms in total. The fraction of sp³-hybridized carbons (Fsp3) is 0.318. The van der Waals surface area contributed by atoms with E-state index < -0.39 is 0 Å². The van der Waals surface area contributed by atoms with Crippen LogP contribution >= 0.6 is 0 Å². The van der Waals surface area contributed by atoms with E-state index in [1.807, 2.05) is 58.3 Å². The highest BCUT2D eigenvalue weighted by Gasteiger charge is 2.22. The monoisotopic (exact) mass is 376 g/mol. The molecule has 0 aliphatic rings. The predicted octanol–water partition coefficient (Wildman–Crippen LogP) is 4.17. The van der Waals surface area contributed by atoms with Crippen molar-refractivity contribution in [2.75, 3.05) is 7.05 Å². The van der Waals surface area contributed by atoms with Gasteiger partial charge in [0.15, 0.2) is 5.65 Å². The Morgan fingerprint density at radius 3 is 2.75 bits per heavy atom. The number of rotatable bonds is 4. The third-order valence-corrected chi connectivity index (χ3v) is 5.17. The van der Waals surface area contributed by atoms with E-state index in [-0.39, 0.29) is 5.91 Å². The molecule has 0 saturated heterocycles. The van der Waals surface area contributed by atoms with Gasteiger partial charge < -0.3 is 9.32 Å². The van der Waals surface area contributed by atoms with Gasteiger partial charge >= 0.3 is 0 Å². The lowest BCUT2D eigenvalue weighted by Crippen LogP contribution is -2.27. The number of para-hydroxylation sites is 1. The molecule has 0 fully saturated rings. The number of carbonyl (C=O) groups excluding carboxylic acids is 1. The molecule has 0 bridgehead atoms. The van der Waals surface area contributed by atoms with Gasteiger partial charge in [0.1, 0.15) is 11.3 Å². The Labute approximate surface area is 163 Å². The van der Waals surface area contributed by atoms with Gasteiger partial charge in [-0.2, -0.15) is 5.10 Å². The van der Waals surface area contributed by atoms with Crippen molar-refractivity contribution in [1.29, 1.82) is 0 Å². The normalized spacial score (nSPS) is 11.5. The van der Waals surface area contributed by atoms with Gasteiger partial charge in [-0.3, -0.25) is 9.48 Å². The van der Waals surface area contributed by atoms with E-state index in [2.05, 4.69) is 17.0 Å². The molecule has 0 atom stereocenters. The van der Waals surface area contributed by atoms with E-state index in [0.29, 0.717) is 12.1 Å². The van der Waals surface area contributed by atoms with Crippen LogP contribution in [0.5, 0.6) is 0 Å². The van der Waals surface area contributed by atoms with Crippen molar-refractivity contribution in [3.8, 4) is 0 Å². The van der Waals surface area contributed by atoms with Crippen LogP contribution in [-0.2, 0) is 20.0 Å². The van der Waals surface area contributed by atoms with Gasteiger partial charge in [0.05, 0.1) is 16.6 Å². The summed E-state index contributed by atoms with van der Waals surface area (Å²) in [5, 5.41) is 6.33. The first kappa shape index (κ1) is 18.2. The first-order chi connectivity index (χ1) is 13.4. The van der Waals surface area contributed by atoms with E-state index in [1.165, 1.54) is 0 Å². The quantitative estimate of drug-likeness (QED) is 0.536. The molecule has 4 rings (SSSR count). The zero-order valence-electron chi connectivity index (χ0n) is 16.9. The van der Waals surface area contributed by atoms with Gasteiger partial charge in [-0.1, -0.05) is 25.1 Å². The average Bonchev–Trinajstić information content (AvgIpc) is 3.17. The minimum Gasteiger partial charge on any atom is -0.461 e. The Balaban J connectivity index is 1.75. The Morgan fingerprint density at radius 1 is 1.25 bits per heavy atom. The minimum absolute atomic E-state index is 0.0427. The van der Waals surface area contributed by atoms with E-state index in [9.17, 15) is 4.79 Å². The lowest BCUT2D eigenvalue weighted by Gasteiger charge is -2.18. The second-order valence-electron chi connectivity index (χ2n) is 7.23. The predicted molar refractivity (Wildman–Crippen MR) is 109 cm³/mol. The maximum atomic E-state index is 13.4. The minimum atomic E-state index is -0.0427. The fourth-order valence-electron chi connectivity index (χ4n) is 3.86. The molecule has 0 aliphatic carbocycles. The van der Waals surface area contributed by atoms with Crippen LogP contribution in [0.2, 0.25) is 0 Å². The van der Waals surface area contributed by atoms with Crippen LogP contribution in [0.15, 0.2) is 34.7 Å². The average molecular weight is 376 g/mol. The molecular formula is C22H24N4O2. The van der Waals surface area contributed by atoms with Gasteiger partial charge in [-0.15, -0.1) is 0 Å². The Bertz CT molecular complexity index is 1200. The molecule has 0 N–H and O–H groups in total. The molecule has 0 aliphatic heterocycles. The first-order valence-electron chi connectivity index (χ1n) is 9.46. The van der Waals surface area contributed by atoms with Gasteiger partial charge in [0.2, 0.25) is 0 Å². The summed E-state index contributed by atoms with van der Waals surface area (Å²) >= 11 is 0. The summed E-state index contributed by atoms with van der Waals surface area (Å²) in [5.74, 6) is 0.883. The van der Waals surface area contributed by atoms with Gasteiger partial charge in [-0.05, 0) is 26.0 Å². The largest absolute Gasteiger partial charge is 0.461 e. The summed E-state index contributed by atoms with van der Waals surface area (Å²) < 4.78 is 7.71. The second-order valence-corrected chi connectivity index (χ2v) is 7.23. The standard InChI is InChI=1S/C22H24N4O2/c1-6-18-17(15-9-7-8-10-19(15)28-18)12-25(4)22(27)16-11-13(2)23-21-20(16)14(3)24-26(21)5/h7-11H,6,12H2,1-5H3. The van der Waals surface area contributed by atoms with Crippen molar-refractivity contribution in [2.24, 2.45) is 7.05 Å². The number of benzene rings is 1. The lowest BCUT2D eigenvalue weighted by molar-refractivity contribution is 0.0786. The number of aromatic nitrogens is 3. The number of amides is 1. The van der Waals surface area contributed by atoms with Crippen molar-refractivity contribution in [3.63, 3.8) is 0 Å².